The summed E-state index contributed by atoms with van der Waals surface area (Å²) in [5.41, 5.74) is -0.0105. The van der Waals surface area contributed by atoms with Crippen molar-refractivity contribution in [3.8, 4) is 0 Å². The molecule has 1 aromatic carbocycles. The maximum atomic E-state index is 12.0. The summed E-state index contributed by atoms with van der Waals surface area (Å²) in [5, 5.41) is 13.7. The number of carbonyl (C=O) groups is 2. The molecular weight excluding hydrogens is 341 g/mol. The Kier molecular flexibility index (Phi) is 9.02. The van der Waals surface area contributed by atoms with Gasteiger partial charge in [-0.2, -0.15) is 11.8 Å². The molecule has 0 saturated heterocycles. The first-order valence-electron chi connectivity index (χ1n) is 5.27. The van der Waals surface area contributed by atoms with Crippen LogP contribution in [0.4, 0.5) is 0 Å². The number of thioether (sulfide) groups is 1. The zero-order valence-electron chi connectivity index (χ0n) is 11.0. The van der Waals surface area contributed by atoms with E-state index < -0.39 is 11.9 Å². The number of benzene rings is 1. The number of rotatable bonds is 5. The van der Waals surface area contributed by atoms with E-state index in [1.165, 1.54) is 6.07 Å². The topological polar surface area (TPSA) is 69.2 Å². The number of halogens is 1. The maximum Gasteiger partial charge on any atom is 1.00 e. The standard InChI is InChI=1S/C12H14BrNO3S.Na/c1-7(6-18-2)14-11(15)10-8(12(16)17)4-3-5-9(10)13;/h3-5,7H,6H2,1-2H3,(H,14,15)(H,16,17);/q;+1/p-1/t7-;/m0./s1. The van der Waals surface area contributed by atoms with Gasteiger partial charge in [-0.15, -0.1) is 0 Å². The molecule has 0 fully saturated rings. The first kappa shape index (κ1) is 19.0. The van der Waals surface area contributed by atoms with Crippen molar-refractivity contribution < 1.29 is 44.3 Å². The second-order valence-electron chi connectivity index (χ2n) is 3.78. The Bertz CT molecular complexity index is 470. The van der Waals surface area contributed by atoms with Crippen LogP contribution in [0.25, 0.3) is 0 Å². The third-order valence-corrected chi connectivity index (χ3v) is 3.75. The van der Waals surface area contributed by atoms with Crippen LogP contribution in [0, 0.1) is 0 Å². The maximum absolute atomic E-state index is 12.0. The van der Waals surface area contributed by atoms with E-state index in [0.29, 0.717) is 4.47 Å². The van der Waals surface area contributed by atoms with Crippen LogP contribution in [0.3, 0.4) is 0 Å². The summed E-state index contributed by atoms with van der Waals surface area (Å²) >= 11 is 4.79. The number of carbonyl (C=O) groups excluding carboxylic acids is 2. The summed E-state index contributed by atoms with van der Waals surface area (Å²) in [4.78, 5) is 23.0. The predicted octanol–water partition coefficient (Wildman–Crippen LogP) is -1.70. The quantitative estimate of drug-likeness (QED) is 0.640. The van der Waals surface area contributed by atoms with Crippen molar-refractivity contribution in [2.75, 3.05) is 12.0 Å². The molecule has 0 spiro atoms. The van der Waals surface area contributed by atoms with Crippen molar-refractivity contribution >= 4 is 39.6 Å². The summed E-state index contributed by atoms with van der Waals surface area (Å²) in [7, 11) is 0. The number of carboxylic acids is 1. The molecule has 1 N–H and O–H groups in total. The minimum absolute atomic E-state index is 0. The van der Waals surface area contributed by atoms with E-state index in [0.717, 1.165) is 5.75 Å². The summed E-state index contributed by atoms with van der Waals surface area (Å²) in [6.07, 6.45) is 1.94. The third kappa shape index (κ3) is 5.47. The van der Waals surface area contributed by atoms with E-state index in [1.807, 2.05) is 13.2 Å². The fourth-order valence-electron chi connectivity index (χ4n) is 1.51. The van der Waals surface area contributed by atoms with Gasteiger partial charge in [0.05, 0.1) is 11.5 Å². The zero-order valence-corrected chi connectivity index (χ0v) is 15.4. The fraction of sp³-hybridized carbons (Fsp3) is 0.333. The normalized spacial score (nSPS) is 11.3. The number of hydrogen-bond donors (Lipinski definition) is 1. The van der Waals surface area contributed by atoms with Gasteiger partial charge in [0.25, 0.3) is 5.91 Å². The van der Waals surface area contributed by atoms with Crippen LogP contribution in [0.15, 0.2) is 22.7 Å². The molecule has 1 atom stereocenters. The minimum Gasteiger partial charge on any atom is -0.545 e. The Morgan fingerprint density at radius 2 is 2.11 bits per heavy atom. The first-order valence-corrected chi connectivity index (χ1v) is 7.45. The number of amides is 1. The van der Waals surface area contributed by atoms with Crippen molar-refractivity contribution in [3.63, 3.8) is 0 Å². The average Bonchev–Trinajstić information content (AvgIpc) is 2.28. The smallest absolute Gasteiger partial charge is 0.545 e. The number of aromatic carboxylic acids is 1. The molecule has 1 amide bonds. The van der Waals surface area contributed by atoms with E-state index in [4.69, 9.17) is 0 Å². The number of nitrogens with one attached hydrogen (secondary N) is 1. The Hall–Kier alpha value is -0.0100. The molecule has 0 saturated carbocycles. The molecule has 0 aliphatic carbocycles. The third-order valence-electron chi connectivity index (χ3n) is 2.25. The molecule has 98 valence electrons. The summed E-state index contributed by atoms with van der Waals surface area (Å²) < 4.78 is 0.443. The predicted molar refractivity (Wildman–Crippen MR) is 73.8 cm³/mol. The van der Waals surface area contributed by atoms with E-state index in [1.54, 1.807) is 23.9 Å². The molecule has 0 aromatic heterocycles. The molecule has 1 rings (SSSR count). The molecule has 0 unspecified atom stereocenters. The van der Waals surface area contributed by atoms with Crippen LogP contribution in [-0.4, -0.2) is 29.9 Å². The molecule has 0 bridgehead atoms. The van der Waals surface area contributed by atoms with Crippen molar-refractivity contribution in [3.05, 3.63) is 33.8 Å². The van der Waals surface area contributed by atoms with Gasteiger partial charge < -0.3 is 15.2 Å². The van der Waals surface area contributed by atoms with Gasteiger partial charge in [-0.05, 0) is 35.2 Å². The van der Waals surface area contributed by atoms with Crippen LogP contribution in [0.5, 0.6) is 0 Å². The summed E-state index contributed by atoms with van der Waals surface area (Å²) in [6, 6.07) is 4.50. The van der Waals surface area contributed by atoms with Gasteiger partial charge in [-0.1, -0.05) is 12.1 Å². The minimum atomic E-state index is -1.36. The van der Waals surface area contributed by atoms with Crippen LogP contribution < -0.4 is 40.0 Å². The van der Waals surface area contributed by atoms with Gasteiger partial charge in [0.2, 0.25) is 0 Å². The van der Waals surface area contributed by atoms with Gasteiger partial charge in [-0.25, -0.2) is 0 Å². The van der Waals surface area contributed by atoms with Gasteiger partial charge in [0, 0.05) is 21.8 Å². The van der Waals surface area contributed by atoms with Gasteiger partial charge >= 0.3 is 29.6 Å². The molecule has 0 heterocycles. The van der Waals surface area contributed by atoms with Gasteiger partial charge in [0.1, 0.15) is 0 Å². The zero-order chi connectivity index (χ0) is 13.7. The van der Waals surface area contributed by atoms with Crippen LogP contribution >= 0.6 is 27.7 Å². The number of carboxylic acid groups (broad SMARTS) is 1. The monoisotopic (exact) mass is 353 g/mol. The Morgan fingerprint density at radius 3 is 2.63 bits per heavy atom. The second-order valence-corrected chi connectivity index (χ2v) is 5.54. The number of hydrogen-bond acceptors (Lipinski definition) is 4. The average molecular weight is 354 g/mol. The SMILES string of the molecule is CSC[C@H](C)NC(=O)c1c(Br)cccc1C(=O)[O-].[Na+]. The molecule has 0 aliphatic heterocycles. The van der Waals surface area contributed by atoms with Crippen molar-refractivity contribution in [1.82, 2.24) is 5.32 Å². The first-order chi connectivity index (χ1) is 8.47. The van der Waals surface area contributed by atoms with E-state index in [9.17, 15) is 14.7 Å². The van der Waals surface area contributed by atoms with Crippen molar-refractivity contribution in [1.29, 1.82) is 0 Å². The Balaban J connectivity index is 0.00000324. The van der Waals surface area contributed by atoms with Crippen molar-refractivity contribution in [2.45, 2.75) is 13.0 Å². The van der Waals surface area contributed by atoms with E-state index >= 15 is 0 Å². The molecule has 0 radical (unpaired) electrons. The summed E-state index contributed by atoms with van der Waals surface area (Å²) in [6.45, 7) is 1.87. The molecule has 19 heavy (non-hydrogen) atoms. The van der Waals surface area contributed by atoms with E-state index in [2.05, 4.69) is 21.2 Å². The Labute approximate surface area is 147 Å². The summed E-state index contributed by atoms with van der Waals surface area (Å²) in [5.74, 6) is -1.01. The van der Waals surface area contributed by atoms with Crippen LogP contribution in [0.2, 0.25) is 0 Å². The molecule has 7 heteroatoms. The van der Waals surface area contributed by atoms with Crippen LogP contribution in [0.1, 0.15) is 27.6 Å². The van der Waals surface area contributed by atoms with Gasteiger partial charge in [-0.3, -0.25) is 4.79 Å². The Morgan fingerprint density at radius 1 is 1.47 bits per heavy atom. The fourth-order valence-corrected chi connectivity index (χ4v) is 2.64. The van der Waals surface area contributed by atoms with Crippen molar-refractivity contribution in [2.24, 2.45) is 0 Å². The van der Waals surface area contributed by atoms with Gasteiger partial charge in [0.15, 0.2) is 0 Å². The molecule has 4 nitrogen and oxygen atoms in total. The molecule has 1 aromatic rings. The van der Waals surface area contributed by atoms with E-state index in [-0.39, 0.29) is 46.7 Å². The molecule has 0 aliphatic rings. The second kappa shape index (κ2) is 9.02. The van der Waals surface area contributed by atoms with Crippen LogP contribution in [-0.2, 0) is 0 Å². The largest absolute Gasteiger partial charge is 1.00 e. The molecular formula is C12H13BrNNaO3S.